The summed E-state index contributed by atoms with van der Waals surface area (Å²) < 4.78 is 8.66. The zero-order valence-electron chi connectivity index (χ0n) is 20.5. The molecule has 0 bridgehead atoms. The van der Waals surface area contributed by atoms with E-state index in [-0.39, 0.29) is 51.8 Å². The van der Waals surface area contributed by atoms with Crippen LogP contribution in [0.5, 0.6) is 0 Å². The van der Waals surface area contributed by atoms with Gasteiger partial charge in [0.15, 0.2) is 10.8 Å². The summed E-state index contributed by atoms with van der Waals surface area (Å²) in [4.78, 5) is 77.0. The first-order chi connectivity index (χ1) is 17.8. The fourth-order valence-corrected chi connectivity index (χ4v) is 5.88. The summed E-state index contributed by atoms with van der Waals surface area (Å²) in [5, 5.41) is 17.4. The van der Waals surface area contributed by atoms with Crippen molar-refractivity contribution < 1.29 is 73.1 Å². The maximum Gasteiger partial charge on any atom is 1.00 e. The first-order valence-electron chi connectivity index (χ1n) is 10.2. The van der Waals surface area contributed by atoms with Crippen molar-refractivity contribution in [1.82, 2.24) is 20.2 Å². The predicted octanol–water partition coefficient (Wildman–Crippen LogP) is -3.90. The van der Waals surface area contributed by atoms with Crippen molar-refractivity contribution in [2.24, 2.45) is 5.16 Å². The molecule has 0 saturated carbocycles. The van der Waals surface area contributed by atoms with Crippen LogP contribution in [0.15, 0.2) is 33.4 Å². The molecule has 2 aromatic heterocycles. The molecule has 1 fully saturated rings. The second-order valence-electron chi connectivity index (χ2n) is 7.34. The molecule has 0 radical (unpaired) electrons. The fraction of sp³-hybridized carbons (Fsp3) is 0.263. The monoisotopic (exact) mass is 625 g/mol. The van der Waals surface area contributed by atoms with E-state index in [2.05, 4.69) is 20.4 Å². The minimum absolute atomic E-state index is 0. The number of fused-ring (bicyclic) bond motifs is 1. The van der Waals surface area contributed by atoms with E-state index >= 15 is 0 Å². The maximum atomic E-state index is 12.9. The van der Waals surface area contributed by atoms with Crippen LogP contribution in [0.1, 0.15) is 16.3 Å². The number of allylic oxidation sites excluding steroid dienone is 1. The maximum absolute atomic E-state index is 12.9. The van der Waals surface area contributed by atoms with Crippen molar-refractivity contribution >= 4 is 77.0 Å². The van der Waals surface area contributed by atoms with Gasteiger partial charge in [0.25, 0.3) is 11.8 Å². The third kappa shape index (κ3) is 8.43. The molecule has 0 spiro atoms. The van der Waals surface area contributed by atoms with E-state index in [9.17, 15) is 19.5 Å². The number of carbonyl (C=O) groups excluding carboxylic acids is 2. The molecule has 2 amide bonds. The van der Waals surface area contributed by atoms with Gasteiger partial charge in [0.1, 0.15) is 29.9 Å². The van der Waals surface area contributed by atoms with E-state index in [0.717, 1.165) is 21.9 Å². The van der Waals surface area contributed by atoms with E-state index in [1.54, 1.807) is 23.0 Å². The van der Waals surface area contributed by atoms with E-state index in [1.807, 2.05) is 6.92 Å². The molecule has 1 saturated heterocycles. The van der Waals surface area contributed by atoms with Crippen LogP contribution >= 0.6 is 42.3 Å². The molecule has 2 aromatic rings. The van der Waals surface area contributed by atoms with Crippen molar-refractivity contribution in [2.45, 2.75) is 18.3 Å². The average Bonchev–Trinajstić information content (AvgIpc) is 3.45. The zero-order chi connectivity index (χ0) is 28.2. The number of nitrogen functional groups attached to an aromatic ring is 1. The van der Waals surface area contributed by atoms with E-state index in [1.165, 1.54) is 35.1 Å². The molecular weight excluding hydrogens is 606 g/mol. The van der Waals surface area contributed by atoms with E-state index in [0.29, 0.717) is 11.3 Å². The topological polar surface area (TPSA) is 244 Å². The van der Waals surface area contributed by atoms with Crippen LogP contribution in [0, 0.1) is 6.92 Å². The van der Waals surface area contributed by atoms with Crippen molar-refractivity contribution in [2.75, 3.05) is 18.6 Å². The number of hydrogen-bond acceptors (Lipinski definition) is 14. The number of rotatable bonds is 7. The molecule has 4 heterocycles. The Kier molecular flexibility index (Phi) is 11.9. The summed E-state index contributed by atoms with van der Waals surface area (Å²) in [6.07, 6.45) is 3.49. The van der Waals surface area contributed by atoms with Gasteiger partial charge in [-0.2, -0.15) is 0 Å². The quantitative estimate of drug-likeness (QED) is 0.0757. The number of β-lactam (4-membered cyclic amide) rings is 1. The second kappa shape index (κ2) is 14.0. The van der Waals surface area contributed by atoms with Gasteiger partial charge in [-0.15, -0.1) is 34.4 Å². The van der Waals surface area contributed by atoms with Crippen LogP contribution in [0.2, 0.25) is 0 Å². The number of carboxylic acids is 1. The molecule has 0 aromatic carbocycles. The van der Waals surface area contributed by atoms with Crippen molar-refractivity contribution in [3.05, 3.63) is 44.5 Å². The van der Waals surface area contributed by atoms with Gasteiger partial charge in [-0.3, -0.25) is 14.5 Å². The van der Waals surface area contributed by atoms with Gasteiger partial charge in [-0.05, 0) is 18.6 Å². The van der Waals surface area contributed by atoms with E-state index < -0.39 is 37.0 Å². The number of carbonyl (C=O) groups is 3. The summed E-state index contributed by atoms with van der Waals surface area (Å²) in [6.45, 7) is 1.86. The first kappa shape index (κ1) is 33.1. The zero-order valence-corrected chi connectivity index (χ0v) is 25.8. The average molecular weight is 626 g/mol. The minimum atomic E-state index is -5.14. The van der Waals surface area contributed by atoms with Gasteiger partial charge in [-0.25, -0.2) is 14.8 Å². The number of aromatic nitrogens is 2. The fourth-order valence-electron chi connectivity index (χ4n) is 3.32. The third-order valence-corrected chi connectivity index (χ3v) is 7.74. The summed E-state index contributed by atoms with van der Waals surface area (Å²) in [5.74, 6) is -2.04. The number of oxime groups is 1. The number of carboxylic acid groups (broad SMARTS) is 1. The summed E-state index contributed by atoms with van der Waals surface area (Å²) >= 11 is 3.94. The number of nitrogens with one attached hydrogen (secondary N) is 1. The number of aliphatic carboxylic acids is 1. The Balaban J connectivity index is 0.000000816. The first-order valence-corrected chi connectivity index (χ1v) is 14.5. The van der Waals surface area contributed by atoms with Gasteiger partial charge in [0.2, 0.25) is 0 Å². The number of amides is 2. The summed E-state index contributed by atoms with van der Waals surface area (Å²) in [5.41, 5.74) is 8.68. The largest absolute Gasteiger partial charge is 1.00 e. The number of aryl methyl sites for hydroxylation is 1. The predicted molar refractivity (Wildman–Crippen MR) is 135 cm³/mol. The molecule has 204 valence electrons. The molecule has 2 aliphatic heterocycles. The Bertz CT molecular complexity index is 1380. The Labute approximate surface area is 255 Å². The molecule has 4 rings (SSSR count). The molecule has 5 N–H and O–H groups in total. The number of thiazole rings is 2. The van der Waals surface area contributed by atoms with Gasteiger partial charge in [0.05, 0.1) is 19.0 Å². The number of anilines is 1. The van der Waals surface area contributed by atoms with Crippen LogP contribution in [0.4, 0.5) is 5.13 Å². The Morgan fingerprint density at radius 2 is 2.03 bits per heavy atom. The standard InChI is InChI=1S/C19H18N6O5S3.Na.H3O4P/c1-8-11(33-7-21-8)4-3-9-5-31-17-13(16(27)25(17)14(9)18(28)29)23-15(26)12(24-30-2)10-6-32-19(20)22-10;;1-5(2,3)4/h3-4,6-7,13,17H,5H2,1-2H3,(H2,20,22)(H,23,26)(H,28,29);;(H3,1,2,3,4)/q;+1;/p-2/b4-3-,24-12-;;/t13-,17-;;/m1../s1. The second-order valence-corrected chi connectivity index (χ2v) is 11.2. The van der Waals surface area contributed by atoms with Crippen LogP contribution in [0.3, 0.4) is 0 Å². The summed E-state index contributed by atoms with van der Waals surface area (Å²) in [7, 11) is -3.86. The molecule has 39 heavy (non-hydrogen) atoms. The molecule has 15 nitrogen and oxygen atoms in total. The van der Waals surface area contributed by atoms with Crippen LogP contribution in [-0.4, -0.2) is 72.6 Å². The van der Waals surface area contributed by atoms with Crippen molar-refractivity contribution in [3.8, 4) is 0 Å². The Morgan fingerprint density at radius 1 is 1.36 bits per heavy atom. The van der Waals surface area contributed by atoms with Gasteiger partial charge < -0.3 is 40.2 Å². The molecule has 2 aliphatic rings. The minimum Gasteiger partial charge on any atom is -0.790 e. The number of nitrogens with two attached hydrogens (primary N) is 1. The van der Waals surface area contributed by atoms with Gasteiger partial charge >= 0.3 is 35.5 Å². The van der Waals surface area contributed by atoms with Crippen LogP contribution in [0.25, 0.3) is 6.08 Å². The SMILES string of the molecule is CO/N=C(\C(=O)N[C@@H]1C(=O)N2C(C(=O)O)=C(/C=C\c3scnc3C)CS[C@H]12)c1csc(N)n1.O=P([O-])([O-])O.[Na+]. The van der Waals surface area contributed by atoms with Gasteiger partial charge in [-0.1, -0.05) is 11.2 Å². The molecular formula is C19H19N6NaO9PS3-. The number of nitrogens with zero attached hydrogens (tertiary/aromatic N) is 4. The van der Waals surface area contributed by atoms with Gasteiger partial charge in [0, 0.05) is 16.0 Å². The molecule has 2 atom stereocenters. The number of phosphoric acid groups is 1. The van der Waals surface area contributed by atoms with E-state index in [4.69, 9.17) is 29.8 Å². The van der Waals surface area contributed by atoms with Crippen molar-refractivity contribution in [3.63, 3.8) is 0 Å². The summed E-state index contributed by atoms with van der Waals surface area (Å²) in [6, 6.07) is -0.913. The van der Waals surface area contributed by atoms with Crippen LogP contribution < -0.4 is 50.4 Å². The Hall–Kier alpha value is -2.12. The molecule has 0 unspecified atom stereocenters. The molecule has 20 heteroatoms. The normalized spacial score (nSPS) is 18.9. The number of thioether (sulfide) groups is 1. The Morgan fingerprint density at radius 3 is 2.54 bits per heavy atom. The van der Waals surface area contributed by atoms with Crippen molar-refractivity contribution in [1.29, 1.82) is 0 Å². The third-order valence-electron chi connectivity index (χ3n) is 4.87. The number of hydrogen-bond donors (Lipinski definition) is 4. The smallest absolute Gasteiger partial charge is 0.790 e. The molecule has 0 aliphatic carbocycles. The van der Waals surface area contributed by atoms with Crippen LogP contribution in [-0.2, 0) is 23.8 Å².